The molecule has 0 spiro atoms. The Morgan fingerprint density at radius 2 is 2.24 bits per heavy atom. The topological polar surface area (TPSA) is 40.5 Å². The van der Waals surface area contributed by atoms with Gasteiger partial charge in [0.2, 0.25) is 0 Å². The maximum atomic E-state index is 13.6. The molecule has 4 heteroatoms. The molecular weight excluding hydrogens is 269 g/mol. The first-order chi connectivity index (χ1) is 10.0. The molecule has 0 amide bonds. The molecule has 1 aromatic carbocycles. The Morgan fingerprint density at radius 3 is 2.86 bits per heavy atom. The van der Waals surface area contributed by atoms with Crippen molar-refractivity contribution in [2.75, 3.05) is 13.1 Å². The Hall–Kier alpha value is -1.26. The molecule has 0 bridgehead atoms. The smallest absolute Gasteiger partial charge is 0.163 e. The van der Waals surface area contributed by atoms with E-state index in [0.29, 0.717) is 23.9 Å². The van der Waals surface area contributed by atoms with Crippen molar-refractivity contribution < 1.29 is 14.3 Å². The van der Waals surface area contributed by atoms with Crippen LogP contribution in [0.3, 0.4) is 0 Å². The van der Waals surface area contributed by atoms with Gasteiger partial charge in [-0.2, -0.15) is 0 Å². The fraction of sp³-hybridized carbons (Fsp3) is 0.588. The number of aliphatic hydroxyl groups is 1. The summed E-state index contributed by atoms with van der Waals surface area (Å²) in [7, 11) is 0. The standard InChI is InChI=1S/C17H24FNO2/c1-12(2)19-7-3-4-13(10-19)8-17(21)14-5-6-15(11-20)16(18)9-14/h5-6,9,12-13,20H,3-4,7-8,10-11H2,1-2H3/t13-/m0/s1. The van der Waals surface area contributed by atoms with Gasteiger partial charge in [-0.25, -0.2) is 4.39 Å². The van der Waals surface area contributed by atoms with E-state index in [1.54, 1.807) is 6.07 Å². The van der Waals surface area contributed by atoms with Gasteiger partial charge in [-0.3, -0.25) is 4.79 Å². The normalized spacial score (nSPS) is 20.0. The summed E-state index contributed by atoms with van der Waals surface area (Å²) >= 11 is 0. The van der Waals surface area contributed by atoms with Crippen LogP contribution in [-0.2, 0) is 6.61 Å². The number of Topliss-reactive ketones (excluding diaryl/α,β-unsaturated/α-hetero) is 1. The van der Waals surface area contributed by atoms with Gasteiger partial charge < -0.3 is 10.0 Å². The van der Waals surface area contributed by atoms with E-state index in [1.165, 1.54) is 12.1 Å². The molecule has 1 aromatic rings. The Bertz CT molecular complexity index is 502. The SMILES string of the molecule is CC(C)N1CCC[C@@H](CC(=O)c2ccc(CO)c(F)c2)C1. The minimum Gasteiger partial charge on any atom is -0.392 e. The summed E-state index contributed by atoms with van der Waals surface area (Å²) in [6, 6.07) is 4.85. The number of likely N-dealkylation sites (tertiary alicyclic amines) is 1. The summed E-state index contributed by atoms with van der Waals surface area (Å²) in [5, 5.41) is 8.96. The second-order valence-corrected chi connectivity index (χ2v) is 6.19. The van der Waals surface area contributed by atoms with E-state index in [1.807, 2.05) is 0 Å². The molecule has 1 atom stereocenters. The van der Waals surface area contributed by atoms with E-state index in [9.17, 15) is 9.18 Å². The molecule has 1 aliphatic rings. The van der Waals surface area contributed by atoms with E-state index in [0.717, 1.165) is 25.9 Å². The van der Waals surface area contributed by atoms with Gasteiger partial charge in [-0.15, -0.1) is 0 Å². The van der Waals surface area contributed by atoms with Crippen LogP contribution in [-0.4, -0.2) is 34.9 Å². The highest BCUT2D eigenvalue weighted by atomic mass is 19.1. The average Bonchev–Trinajstić information content (AvgIpc) is 2.47. The first-order valence-corrected chi connectivity index (χ1v) is 7.67. The second kappa shape index (κ2) is 7.14. The largest absolute Gasteiger partial charge is 0.392 e. The molecule has 0 unspecified atom stereocenters. The summed E-state index contributed by atoms with van der Waals surface area (Å²) in [6.45, 7) is 6.05. The predicted octanol–water partition coefficient (Wildman–Crippen LogP) is 3.01. The molecular formula is C17H24FNO2. The van der Waals surface area contributed by atoms with E-state index >= 15 is 0 Å². The molecule has 0 saturated carbocycles. The molecule has 1 saturated heterocycles. The minimum atomic E-state index is -0.504. The van der Waals surface area contributed by atoms with Crippen LogP contribution in [0.4, 0.5) is 4.39 Å². The number of hydrogen-bond donors (Lipinski definition) is 1. The maximum Gasteiger partial charge on any atom is 0.163 e. The summed E-state index contributed by atoms with van der Waals surface area (Å²) in [4.78, 5) is 14.7. The molecule has 0 aliphatic carbocycles. The van der Waals surface area contributed by atoms with Gasteiger partial charge in [0.05, 0.1) is 6.61 Å². The highest BCUT2D eigenvalue weighted by Crippen LogP contribution is 2.23. The highest BCUT2D eigenvalue weighted by Gasteiger charge is 2.24. The van der Waals surface area contributed by atoms with Crippen molar-refractivity contribution in [1.29, 1.82) is 0 Å². The number of halogens is 1. The lowest BCUT2D eigenvalue weighted by molar-refractivity contribution is 0.0889. The average molecular weight is 293 g/mol. The van der Waals surface area contributed by atoms with Crippen molar-refractivity contribution >= 4 is 5.78 Å². The van der Waals surface area contributed by atoms with Gasteiger partial charge in [0.1, 0.15) is 5.82 Å². The van der Waals surface area contributed by atoms with Gasteiger partial charge in [0.15, 0.2) is 5.78 Å². The summed E-state index contributed by atoms with van der Waals surface area (Å²) in [5.41, 5.74) is 0.640. The van der Waals surface area contributed by atoms with Crippen LogP contribution in [0.5, 0.6) is 0 Å². The van der Waals surface area contributed by atoms with Crippen molar-refractivity contribution in [3.8, 4) is 0 Å². The third-order valence-corrected chi connectivity index (χ3v) is 4.30. The number of nitrogens with zero attached hydrogens (tertiary/aromatic N) is 1. The quantitative estimate of drug-likeness (QED) is 0.848. The molecule has 116 valence electrons. The summed E-state index contributed by atoms with van der Waals surface area (Å²) in [6.07, 6.45) is 2.65. The van der Waals surface area contributed by atoms with Crippen molar-refractivity contribution in [3.63, 3.8) is 0 Å². The van der Waals surface area contributed by atoms with Crippen LogP contribution in [0, 0.1) is 11.7 Å². The Labute approximate surface area is 125 Å². The number of carbonyl (C=O) groups is 1. The number of piperidine rings is 1. The van der Waals surface area contributed by atoms with Gasteiger partial charge in [0.25, 0.3) is 0 Å². The van der Waals surface area contributed by atoms with E-state index in [2.05, 4.69) is 18.7 Å². The van der Waals surface area contributed by atoms with Crippen LogP contribution in [0.2, 0.25) is 0 Å². The number of carbonyl (C=O) groups excluding carboxylic acids is 1. The molecule has 2 rings (SSSR count). The summed E-state index contributed by atoms with van der Waals surface area (Å²) in [5.74, 6) is -0.154. The lowest BCUT2D eigenvalue weighted by Crippen LogP contribution is -2.40. The first-order valence-electron chi connectivity index (χ1n) is 7.67. The second-order valence-electron chi connectivity index (χ2n) is 6.19. The lowest BCUT2D eigenvalue weighted by atomic mass is 9.90. The molecule has 1 fully saturated rings. The van der Waals surface area contributed by atoms with Crippen molar-refractivity contribution in [3.05, 3.63) is 35.1 Å². The molecule has 3 nitrogen and oxygen atoms in total. The molecule has 1 heterocycles. The van der Waals surface area contributed by atoms with E-state index in [-0.39, 0.29) is 18.0 Å². The lowest BCUT2D eigenvalue weighted by Gasteiger charge is -2.35. The van der Waals surface area contributed by atoms with Crippen LogP contribution < -0.4 is 0 Å². The molecule has 0 aromatic heterocycles. The van der Waals surface area contributed by atoms with Crippen LogP contribution >= 0.6 is 0 Å². The zero-order chi connectivity index (χ0) is 15.4. The monoisotopic (exact) mass is 293 g/mol. The van der Waals surface area contributed by atoms with Crippen molar-refractivity contribution in [1.82, 2.24) is 4.90 Å². The van der Waals surface area contributed by atoms with E-state index < -0.39 is 5.82 Å². The zero-order valence-electron chi connectivity index (χ0n) is 12.8. The van der Waals surface area contributed by atoms with Crippen LogP contribution in [0.1, 0.15) is 49.0 Å². The Kier molecular flexibility index (Phi) is 5.48. The van der Waals surface area contributed by atoms with Gasteiger partial charge >= 0.3 is 0 Å². The Balaban J connectivity index is 1.99. The van der Waals surface area contributed by atoms with Gasteiger partial charge in [0, 0.05) is 30.1 Å². The van der Waals surface area contributed by atoms with Crippen molar-refractivity contribution in [2.45, 2.75) is 45.8 Å². The number of hydrogen-bond acceptors (Lipinski definition) is 3. The van der Waals surface area contributed by atoms with E-state index in [4.69, 9.17) is 5.11 Å². The number of aliphatic hydroxyl groups excluding tert-OH is 1. The fourth-order valence-corrected chi connectivity index (χ4v) is 2.96. The third kappa shape index (κ3) is 4.11. The van der Waals surface area contributed by atoms with Crippen molar-refractivity contribution in [2.24, 2.45) is 5.92 Å². The highest BCUT2D eigenvalue weighted by molar-refractivity contribution is 5.96. The molecule has 21 heavy (non-hydrogen) atoms. The molecule has 1 N–H and O–H groups in total. The van der Waals surface area contributed by atoms with Gasteiger partial charge in [-0.1, -0.05) is 12.1 Å². The molecule has 1 aliphatic heterocycles. The third-order valence-electron chi connectivity index (χ3n) is 4.30. The number of rotatable bonds is 5. The number of benzene rings is 1. The fourth-order valence-electron chi connectivity index (χ4n) is 2.96. The minimum absolute atomic E-state index is 0.00556. The Morgan fingerprint density at radius 1 is 1.48 bits per heavy atom. The van der Waals surface area contributed by atoms with Gasteiger partial charge in [-0.05, 0) is 45.2 Å². The van der Waals surface area contributed by atoms with Crippen LogP contribution in [0.15, 0.2) is 18.2 Å². The summed E-state index contributed by atoms with van der Waals surface area (Å²) < 4.78 is 13.6. The molecule has 0 radical (unpaired) electrons. The zero-order valence-corrected chi connectivity index (χ0v) is 12.8. The first kappa shape index (κ1) is 16.1. The maximum absolute atomic E-state index is 13.6. The number of ketones is 1. The van der Waals surface area contributed by atoms with Crippen LogP contribution in [0.25, 0.3) is 0 Å². The predicted molar refractivity (Wildman–Crippen MR) is 80.7 cm³/mol.